The van der Waals surface area contributed by atoms with Gasteiger partial charge in [-0.3, -0.25) is 0 Å². The minimum atomic E-state index is -4.51. The maximum atomic E-state index is 13.8. The number of aryl methyl sites for hydroxylation is 2. The molecule has 1 aromatic heterocycles. The zero-order valence-corrected chi connectivity index (χ0v) is 12.3. The highest BCUT2D eigenvalue weighted by Gasteiger charge is 2.32. The van der Waals surface area contributed by atoms with Crippen molar-refractivity contribution in [2.24, 2.45) is 0 Å². The third kappa shape index (κ3) is 2.99. The van der Waals surface area contributed by atoms with Gasteiger partial charge in [-0.05, 0) is 43.7 Å². The molecular weight excluding hydrogens is 312 g/mol. The molecule has 0 nitrogen and oxygen atoms in total. The van der Waals surface area contributed by atoms with Gasteiger partial charge in [0.15, 0.2) is 0 Å². The van der Waals surface area contributed by atoms with Crippen LogP contribution >= 0.6 is 22.9 Å². The second-order valence-electron chi connectivity index (χ2n) is 4.50. The van der Waals surface area contributed by atoms with Crippen LogP contribution in [0.5, 0.6) is 0 Å². The van der Waals surface area contributed by atoms with Crippen molar-refractivity contribution in [1.82, 2.24) is 0 Å². The molecule has 0 bridgehead atoms. The van der Waals surface area contributed by atoms with E-state index in [2.05, 4.69) is 0 Å². The van der Waals surface area contributed by atoms with Gasteiger partial charge in [-0.25, -0.2) is 4.39 Å². The van der Waals surface area contributed by atoms with Crippen LogP contribution in [0.1, 0.15) is 31.8 Å². The molecule has 1 aromatic carbocycles. The number of halogens is 5. The standard InChI is InChI=1S/C14H11ClF4S/c1-7-5-8(2)20-13(7)12(15)10-6-9(14(17,18)19)3-4-11(10)16/h3-6,12H,1-2H3. The predicted octanol–water partition coefficient (Wildman–Crippen LogP) is 5.85. The minimum absolute atomic E-state index is 0.147. The summed E-state index contributed by atoms with van der Waals surface area (Å²) in [7, 11) is 0. The smallest absolute Gasteiger partial charge is 0.207 e. The molecule has 0 aliphatic heterocycles. The lowest BCUT2D eigenvalue weighted by atomic mass is 10.0. The molecule has 0 N–H and O–H groups in total. The highest BCUT2D eigenvalue weighted by molar-refractivity contribution is 7.12. The first-order valence-corrected chi connectivity index (χ1v) is 7.03. The lowest BCUT2D eigenvalue weighted by molar-refractivity contribution is -0.137. The Labute approximate surface area is 123 Å². The third-order valence-corrected chi connectivity index (χ3v) is 4.71. The summed E-state index contributed by atoms with van der Waals surface area (Å²) in [4.78, 5) is 1.65. The van der Waals surface area contributed by atoms with Crippen LogP contribution in [-0.4, -0.2) is 0 Å². The van der Waals surface area contributed by atoms with E-state index in [9.17, 15) is 17.6 Å². The lowest BCUT2D eigenvalue weighted by Gasteiger charge is -2.14. The molecule has 2 rings (SSSR count). The molecule has 0 fully saturated rings. The van der Waals surface area contributed by atoms with Gasteiger partial charge in [0.05, 0.1) is 10.9 Å². The number of alkyl halides is 4. The van der Waals surface area contributed by atoms with Crippen molar-refractivity contribution in [1.29, 1.82) is 0 Å². The molecule has 20 heavy (non-hydrogen) atoms. The van der Waals surface area contributed by atoms with E-state index in [4.69, 9.17) is 11.6 Å². The summed E-state index contributed by atoms with van der Waals surface area (Å²) in [5.74, 6) is -0.733. The minimum Gasteiger partial charge on any atom is -0.207 e. The van der Waals surface area contributed by atoms with Crippen LogP contribution in [-0.2, 0) is 6.18 Å². The molecule has 0 saturated heterocycles. The van der Waals surface area contributed by atoms with Crippen LogP contribution in [0.4, 0.5) is 17.6 Å². The molecule has 0 amide bonds. The van der Waals surface area contributed by atoms with Crippen LogP contribution in [0.3, 0.4) is 0 Å². The van der Waals surface area contributed by atoms with Gasteiger partial charge in [0.2, 0.25) is 0 Å². The van der Waals surface area contributed by atoms with Crippen LogP contribution in [0.2, 0.25) is 0 Å². The molecule has 0 aliphatic carbocycles. The van der Waals surface area contributed by atoms with Gasteiger partial charge in [-0.1, -0.05) is 0 Å². The molecule has 1 atom stereocenters. The maximum Gasteiger partial charge on any atom is 0.416 e. The highest BCUT2D eigenvalue weighted by atomic mass is 35.5. The average Bonchev–Trinajstić information content (AvgIpc) is 2.66. The first-order valence-electron chi connectivity index (χ1n) is 5.78. The molecule has 6 heteroatoms. The van der Waals surface area contributed by atoms with Gasteiger partial charge in [-0.2, -0.15) is 13.2 Å². The Morgan fingerprint density at radius 3 is 2.30 bits per heavy atom. The normalized spacial score (nSPS) is 13.6. The molecular formula is C14H11ClF4S. The van der Waals surface area contributed by atoms with Gasteiger partial charge in [0.25, 0.3) is 0 Å². The second kappa shape index (κ2) is 5.37. The van der Waals surface area contributed by atoms with Crippen LogP contribution in [0.25, 0.3) is 0 Å². The topological polar surface area (TPSA) is 0 Å². The summed E-state index contributed by atoms with van der Waals surface area (Å²) >= 11 is 7.54. The maximum absolute atomic E-state index is 13.8. The molecule has 2 aromatic rings. The van der Waals surface area contributed by atoms with Crippen molar-refractivity contribution in [3.63, 3.8) is 0 Å². The second-order valence-corrected chi connectivity index (χ2v) is 6.23. The van der Waals surface area contributed by atoms with Crippen LogP contribution < -0.4 is 0 Å². The van der Waals surface area contributed by atoms with E-state index in [1.165, 1.54) is 11.3 Å². The molecule has 0 radical (unpaired) electrons. The summed E-state index contributed by atoms with van der Waals surface area (Å²) in [5.41, 5.74) is -0.193. The fourth-order valence-electron chi connectivity index (χ4n) is 1.97. The Hall–Kier alpha value is -1.07. The van der Waals surface area contributed by atoms with Crippen molar-refractivity contribution in [3.05, 3.63) is 56.5 Å². The van der Waals surface area contributed by atoms with E-state index in [1.807, 2.05) is 13.0 Å². The van der Waals surface area contributed by atoms with E-state index in [1.54, 1.807) is 6.92 Å². The number of rotatable bonds is 2. The van der Waals surface area contributed by atoms with Crippen molar-refractivity contribution in [2.45, 2.75) is 25.4 Å². The summed E-state index contributed by atoms with van der Waals surface area (Å²) in [6.07, 6.45) is -4.51. The Bertz CT molecular complexity index is 631. The quantitative estimate of drug-likeness (QED) is 0.480. The first-order chi connectivity index (χ1) is 9.20. The summed E-state index contributed by atoms with van der Waals surface area (Å²) in [6.45, 7) is 3.67. The Morgan fingerprint density at radius 1 is 1.15 bits per heavy atom. The van der Waals surface area contributed by atoms with Crippen molar-refractivity contribution < 1.29 is 17.6 Å². The number of hydrogen-bond acceptors (Lipinski definition) is 1. The first kappa shape index (κ1) is 15.3. The fraction of sp³-hybridized carbons (Fsp3) is 0.286. The van der Waals surface area contributed by atoms with Gasteiger partial charge >= 0.3 is 6.18 Å². The Morgan fingerprint density at radius 2 is 1.80 bits per heavy atom. The van der Waals surface area contributed by atoms with E-state index in [0.29, 0.717) is 4.88 Å². The number of hydrogen-bond donors (Lipinski definition) is 0. The van der Waals surface area contributed by atoms with Crippen molar-refractivity contribution in [2.75, 3.05) is 0 Å². The highest BCUT2D eigenvalue weighted by Crippen LogP contribution is 2.39. The molecule has 0 saturated carbocycles. The van der Waals surface area contributed by atoms with Gasteiger partial charge in [0, 0.05) is 15.3 Å². The fourth-order valence-corrected chi connectivity index (χ4v) is 3.47. The Kier molecular flexibility index (Phi) is 4.12. The van der Waals surface area contributed by atoms with Gasteiger partial charge < -0.3 is 0 Å². The van der Waals surface area contributed by atoms with E-state index >= 15 is 0 Å². The largest absolute Gasteiger partial charge is 0.416 e. The van der Waals surface area contributed by atoms with E-state index in [-0.39, 0.29) is 5.56 Å². The van der Waals surface area contributed by atoms with Crippen molar-refractivity contribution in [3.8, 4) is 0 Å². The summed E-state index contributed by atoms with van der Waals surface area (Å²) in [6, 6.07) is 4.18. The third-order valence-electron chi connectivity index (χ3n) is 2.91. The molecule has 1 unspecified atom stereocenters. The van der Waals surface area contributed by atoms with Crippen molar-refractivity contribution >= 4 is 22.9 Å². The van der Waals surface area contributed by atoms with Crippen LogP contribution in [0, 0.1) is 19.7 Å². The molecule has 108 valence electrons. The van der Waals surface area contributed by atoms with Crippen LogP contribution in [0.15, 0.2) is 24.3 Å². The zero-order valence-electron chi connectivity index (χ0n) is 10.7. The SMILES string of the molecule is Cc1cc(C)c(C(Cl)c2cc(C(F)(F)F)ccc2F)s1. The molecule has 0 spiro atoms. The molecule has 1 heterocycles. The zero-order chi connectivity index (χ0) is 15.1. The van der Waals surface area contributed by atoms with E-state index < -0.39 is 22.9 Å². The van der Waals surface area contributed by atoms with Gasteiger partial charge in [-0.15, -0.1) is 22.9 Å². The number of benzene rings is 1. The average molecular weight is 323 g/mol. The lowest BCUT2D eigenvalue weighted by Crippen LogP contribution is -2.07. The summed E-state index contributed by atoms with van der Waals surface area (Å²) < 4.78 is 51.8. The summed E-state index contributed by atoms with van der Waals surface area (Å²) in [5, 5.41) is -0.920. The Balaban J connectivity index is 2.49. The van der Waals surface area contributed by atoms with E-state index in [0.717, 1.165) is 28.6 Å². The van der Waals surface area contributed by atoms with Gasteiger partial charge in [0.1, 0.15) is 5.82 Å². The number of thiophene rings is 1. The monoisotopic (exact) mass is 322 g/mol. The predicted molar refractivity (Wildman–Crippen MR) is 72.9 cm³/mol. The molecule has 0 aliphatic rings.